The molecule has 2 heterocycles. The monoisotopic (exact) mass is 283 g/mol. The van der Waals surface area contributed by atoms with Crippen LogP contribution in [-0.2, 0) is 16.6 Å². The van der Waals surface area contributed by atoms with Crippen LogP contribution in [0.15, 0.2) is 44.5 Å². The van der Waals surface area contributed by atoms with Crippen LogP contribution in [0.5, 0.6) is 0 Å². The van der Waals surface area contributed by atoms with Gasteiger partial charge in [0.2, 0.25) is 0 Å². The Morgan fingerprint density at radius 1 is 1.33 bits per heavy atom. The van der Waals surface area contributed by atoms with Gasteiger partial charge in [0.1, 0.15) is 9.97 Å². The van der Waals surface area contributed by atoms with E-state index in [1.807, 2.05) is 0 Å². The Bertz CT molecular complexity index is 598. The fraction of sp³-hybridized carbons (Fsp3) is 0.333. The van der Waals surface area contributed by atoms with Crippen LogP contribution in [0.25, 0.3) is 0 Å². The van der Waals surface area contributed by atoms with Crippen LogP contribution in [0, 0.1) is 0 Å². The molecular formula is C12H13NO3S2. The standard InChI is InChI=1S/C12H13NO3S2/c14-18(15,12-4-2-8-17-12)13(10-5-6-10)9-11-3-1-7-16-11/h1-4,7-8,10H,5-6,9H2. The molecule has 96 valence electrons. The Labute approximate surface area is 110 Å². The van der Waals surface area contributed by atoms with Crippen molar-refractivity contribution in [3.63, 3.8) is 0 Å². The maximum Gasteiger partial charge on any atom is 0.253 e. The largest absolute Gasteiger partial charge is 0.468 e. The minimum Gasteiger partial charge on any atom is -0.468 e. The molecule has 1 fully saturated rings. The Morgan fingerprint density at radius 2 is 2.17 bits per heavy atom. The number of hydrogen-bond donors (Lipinski definition) is 0. The van der Waals surface area contributed by atoms with Crippen molar-refractivity contribution in [1.82, 2.24) is 4.31 Å². The molecule has 0 unspecified atom stereocenters. The highest BCUT2D eigenvalue weighted by atomic mass is 32.2. The molecule has 0 bridgehead atoms. The maximum absolute atomic E-state index is 12.5. The van der Waals surface area contributed by atoms with Gasteiger partial charge < -0.3 is 4.42 Å². The van der Waals surface area contributed by atoms with E-state index < -0.39 is 10.0 Å². The summed E-state index contributed by atoms with van der Waals surface area (Å²) in [5.74, 6) is 0.682. The minimum atomic E-state index is -3.38. The Hall–Kier alpha value is -1.11. The SMILES string of the molecule is O=S(=O)(c1cccs1)N(Cc1ccco1)C1CC1. The van der Waals surface area contributed by atoms with Gasteiger partial charge in [-0.1, -0.05) is 6.07 Å². The average Bonchev–Trinajstić information content (AvgIpc) is 2.87. The van der Waals surface area contributed by atoms with Crippen molar-refractivity contribution < 1.29 is 12.8 Å². The quantitative estimate of drug-likeness (QED) is 0.847. The van der Waals surface area contributed by atoms with Crippen molar-refractivity contribution in [3.8, 4) is 0 Å². The zero-order valence-corrected chi connectivity index (χ0v) is 11.3. The summed E-state index contributed by atoms with van der Waals surface area (Å²) in [6, 6.07) is 7.12. The Balaban J connectivity index is 1.90. The van der Waals surface area contributed by atoms with Gasteiger partial charge in [0.05, 0.1) is 12.8 Å². The van der Waals surface area contributed by atoms with E-state index in [9.17, 15) is 8.42 Å². The van der Waals surface area contributed by atoms with Crippen LogP contribution in [0.2, 0.25) is 0 Å². The van der Waals surface area contributed by atoms with Gasteiger partial charge in [-0.05, 0) is 36.4 Å². The molecule has 0 radical (unpaired) electrons. The van der Waals surface area contributed by atoms with Crippen molar-refractivity contribution >= 4 is 21.4 Å². The molecule has 0 aromatic carbocycles. The lowest BCUT2D eigenvalue weighted by Gasteiger charge is -2.19. The summed E-state index contributed by atoms with van der Waals surface area (Å²) in [6.07, 6.45) is 3.44. The highest BCUT2D eigenvalue weighted by Gasteiger charge is 2.38. The topological polar surface area (TPSA) is 50.5 Å². The molecule has 0 spiro atoms. The third-order valence-corrected chi connectivity index (χ3v) is 6.18. The maximum atomic E-state index is 12.5. The summed E-state index contributed by atoms with van der Waals surface area (Å²) in [7, 11) is -3.38. The Kier molecular flexibility index (Phi) is 3.01. The molecule has 1 aliphatic carbocycles. The summed E-state index contributed by atoms with van der Waals surface area (Å²) in [5.41, 5.74) is 0. The molecule has 0 atom stereocenters. The molecule has 0 amide bonds. The van der Waals surface area contributed by atoms with Gasteiger partial charge in [0, 0.05) is 6.04 Å². The zero-order valence-electron chi connectivity index (χ0n) is 9.65. The van der Waals surface area contributed by atoms with Gasteiger partial charge in [0.15, 0.2) is 0 Å². The van der Waals surface area contributed by atoms with E-state index in [-0.39, 0.29) is 6.04 Å². The smallest absolute Gasteiger partial charge is 0.253 e. The molecule has 0 saturated heterocycles. The lowest BCUT2D eigenvalue weighted by Crippen LogP contribution is -2.32. The molecule has 18 heavy (non-hydrogen) atoms. The van der Waals surface area contributed by atoms with Crippen LogP contribution in [0.3, 0.4) is 0 Å². The molecule has 1 aliphatic rings. The van der Waals surface area contributed by atoms with Gasteiger partial charge in [-0.25, -0.2) is 8.42 Å². The number of furan rings is 1. The summed E-state index contributed by atoms with van der Waals surface area (Å²) < 4.78 is 32.2. The van der Waals surface area contributed by atoms with Crippen molar-refractivity contribution in [2.24, 2.45) is 0 Å². The first kappa shape index (κ1) is 12.0. The first-order valence-electron chi connectivity index (χ1n) is 5.75. The van der Waals surface area contributed by atoms with Crippen molar-refractivity contribution in [2.45, 2.75) is 29.6 Å². The summed E-state index contributed by atoms with van der Waals surface area (Å²) in [5, 5.41) is 1.78. The van der Waals surface area contributed by atoms with E-state index >= 15 is 0 Å². The van der Waals surface area contributed by atoms with E-state index in [2.05, 4.69) is 0 Å². The summed E-state index contributed by atoms with van der Waals surface area (Å²) >= 11 is 1.26. The third kappa shape index (κ3) is 2.23. The van der Waals surface area contributed by atoms with Crippen LogP contribution in [0.4, 0.5) is 0 Å². The lowest BCUT2D eigenvalue weighted by atomic mass is 10.4. The zero-order chi connectivity index (χ0) is 12.6. The van der Waals surface area contributed by atoms with Crippen LogP contribution < -0.4 is 0 Å². The van der Waals surface area contributed by atoms with Crippen LogP contribution in [-0.4, -0.2) is 18.8 Å². The highest BCUT2D eigenvalue weighted by Crippen LogP contribution is 2.34. The number of rotatable bonds is 5. The fourth-order valence-corrected chi connectivity index (χ4v) is 4.63. The van der Waals surface area contributed by atoms with Gasteiger partial charge in [-0.15, -0.1) is 11.3 Å². The molecule has 2 aromatic rings. The first-order chi connectivity index (χ1) is 8.68. The highest BCUT2D eigenvalue weighted by molar-refractivity contribution is 7.91. The second kappa shape index (κ2) is 4.53. The molecule has 0 N–H and O–H groups in total. The number of nitrogens with zero attached hydrogens (tertiary/aromatic N) is 1. The third-order valence-electron chi connectivity index (χ3n) is 2.90. The number of thiophene rings is 1. The molecule has 2 aromatic heterocycles. The molecule has 1 saturated carbocycles. The molecule has 4 nitrogen and oxygen atoms in total. The van der Waals surface area contributed by atoms with Gasteiger partial charge in [-0.2, -0.15) is 4.31 Å². The van der Waals surface area contributed by atoms with Crippen molar-refractivity contribution in [1.29, 1.82) is 0 Å². The van der Waals surface area contributed by atoms with E-state index in [0.717, 1.165) is 12.8 Å². The van der Waals surface area contributed by atoms with Gasteiger partial charge in [-0.3, -0.25) is 0 Å². The van der Waals surface area contributed by atoms with Crippen LogP contribution in [0.1, 0.15) is 18.6 Å². The Morgan fingerprint density at radius 3 is 2.72 bits per heavy atom. The van der Waals surface area contributed by atoms with E-state index in [1.165, 1.54) is 11.3 Å². The minimum absolute atomic E-state index is 0.127. The number of sulfonamides is 1. The van der Waals surface area contributed by atoms with Gasteiger partial charge in [0.25, 0.3) is 10.0 Å². The van der Waals surface area contributed by atoms with E-state index in [1.54, 1.807) is 40.2 Å². The second-order valence-corrected chi connectivity index (χ2v) is 7.36. The molecule has 0 aliphatic heterocycles. The first-order valence-corrected chi connectivity index (χ1v) is 8.07. The lowest BCUT2D eigenvalue weighted by molar-refractivity contribution is 0.357. The van der Waals surface area contributed by atoms with Crippen LogP contribution >= 0.6 is 11.3 Å². The summed E-state index contributed by atoms with van der Waals surface area (Å²) in [4.78, 5) is 0. The summed E-state index contributed by atoms with van der Waals surface area (Å²) in [6.45, 7) is 0.317. The van der Waals surface area contributed by atoms with E-state index in [0.29, 0.717) is 16.5 Å². The fourth-order valence-electron chi connectivity index (χ4n) is 1.85. The predicted octanol–water partition coefficient (Wildman–Crippen LogP) is 2.69. The molecule has 6 heteroatoms. The number of hydrogen-bond acceptors (Lipinski definition) is 4. The van der Waals surface area contributed by atoms with Crippen molar-refractivity contribution in [2.75, 3.05) is 0 Å². The van der Waals surface area contributed by atoms with Gasteiger partial charge >= 0.3 is 0 Å². The average molecular weight is 283 g/mol. The second-order valence-electron chi connectivity index (χ2n) is 4.29. The molecular weight excluding hydrogens is 270 g/mol. The molecule has 3 rings (SSSR count). The predicted molar refractivity (Wildman–Crippen MR) is 68.8 cm³/mol. The van der Waals surface area contributed by atoms with Crippen molar-refractivity contribution in [3.05, 3.63) is 41.7 Å². The van der Waals surface area contributed by atoms with E-state index in [4.69, 9.17) is 4.42 Å². The normalized spacial score (nSPS) is 16.3.